The van der Waals surface area contributed by atoms with E-state index in [0.717, 1.165) is 12.8 Å². The number of aliphatic hydroxyl groups is 1. The van der Waals surface area contributed by atoms with Crippen molar-refractivity contribution in [2.75, 3.05) is 0 Å². The summed E-state index contributed by atoms with van der Waals surface area (Å²) in [5.41, 5.74) is -0.846. The normalized spacial score (nSPS) is 14.2. The Kier molecular flexibility index (Phi) is 5.44. The summed E-state index contributed by atoms with van der Waals surface area (Å²) in [4.78, 5) is 0. The van der Waals surface area contributed by atoms with Crippen LogP contribution >= 0.6 is 0 Å². The highest BCUT2D eigenvalue weighted by atomic mass is 16.8. The molecule has 0 aromatic carbocycles. The number of hydrogen-bond acceptors (Lipinski definition) is 3. The van der Waals surface area contributed by atoms with Gasteiger partial charge in [-0.05, 0) is 48.0 Å². The molecule has 0 aromatic heterocycles. The van der Waals surface area contributed by atoms with Gasteiger partial charge in [-0.2, -0.15) is 0 Å². The van der Waals surface area contributed by atoms with Crippen LogP contribution in [0.25, 0.3) is 0 Å². The second kappa shape index (κ2) is 5.48. The quantitative estimate of drug-likeness (QED) is 0.738. The predicted molar refractivity (Wildman–Crippen MR) is 66.2 cm³/mol. The van der Waals surface area contributed by atoms with Crippen molar-refractivity contribution >= 4 is 0 Å². The van der Waals surface area contributed by atoms with Crippen molar-refractivity contribution in [1.82, 2.24) is 0 Å². The molecule has 0 aromatic rings. The van der Waals surface area contributed by atoms with Crippen LogP contribution in [-0.4, -0.2) is 22.3 Å². The maximum atomic E-state index is 10.4. The number of unbranched alkanes of at least 4 members (excludes halogenated alkanes) is 1. The summed E-state index contributed by atoms with van der Waals surface area (Å²) in [6.45, 7) is 13.6. The lowest BCUT2D eigenvalue weighted by molar-refractivity contribution is -0.414. The van der Waals surface area contributed by atoms with Crippen LogP contribution in [0.15, 0.2) is 0 Å². The molecule has 0 aliphatic heterocycles. The highest BCUT2D eigenvalue weighted by molar-refractivity contribution is 4.70. The molecule has 3 nitrogen and oxygen atoms in total. The molecule has 0 radical (unpaired) electrons. The molecule has 0 spiro atoms. The minimum atomic E-state index is -1.48. The van der Waals surface area contributed by atoms with Gasteiger partial charge in [0.15, 0.2) is 0 Å². The molecule has 0 aliphatic carbocycles. The average Bonchev–Trinajstić information content (AvgIpc) is 1.93. The van der Waals surface area contributed by atoms with E-state index in [1.165, 1.54) is 0 Å². The Balaban J connectivity index is 4.61. The first-order valence-corrected chi connectivity index (χ1v) is 6.10. The van der Waals surface area contributed by atoms with Crippen LogP contribution < -0.4 is 0 Å². The molecule has 0 rings (SSSR count). The van der Waals surface area contributed by atoms with E-state index in [0.29, 0.717) is 6.42 Å². The third-order valence-corrected chi connectivity index (χ3v) is 1.78. The van der Waals surface area contributed by atoms with Gasteiger partial charge in [0.25, 0.3) is 5.97 Å². The average molecular weight is 232 g/mol. The molecule has 1 N–H and O–H groups in total. The van der Waals surface area contributed by atoms with Gasteiger partial charge >= 0.3 is 0 Å². The van der Waals surface area contributed by atoms with Gasteiger partial charge in [-0.3, -0.25) is 0 Å². The zero-order chi connectivity index (χ0) is 13.0. The second-order valence-electron chi connectivity index (χ2n) is 6.25. The van der Waals surface area contributed by atoms with Gasteiger partial charge in [-0.25, -0.2) is 0 Å². The van der Waals surface area contributed by atoms with Crippen LogP contribution in [-0.2, 0) is 9.47 Å². The molecule has 0 atom stereocenters. The molecule has 98 valence electrons. The van der Waals surface area contributed by atoms with Crippen molar-refractivity contribution in [2.24, 2.45) is 0 Å². The van der Waals surface area contributed by atoms with Gasteiger partial charge in [-0.1, -0.05) is 13.3 Å². The maximum Gasteiger partial charge on any atom is 0.281 e. The monoisotopic (exact) mass is 232 g/mol. The minimum absolute atomic E-state index is 0.423. The number of rotatable bonds is 5. The minimum Gasteiger partial charge on any atom is -0.343 e. The number of ether oxygens (including phenoxy) is 2. The highest BCUT2D eigenvalue weighted by Gasteiger charge is 2.37. The molecule has 0 amide bonds. The fraction of sp³-hybridized carbons (Fsp3) is 1.00. The zero-order valence-corrected chi connectivity index (χ0v) is 11.9. The molecule has 0 fully saturated rings. The van der Waals surface area contributed by atoms with Gasteiger partial charge in [-0.15, -0.1) is 0 Å². The molecule has 16 heavy (non-hydrogen) atoms. The Morgan fingerprint density at radius 2 is 1.25 bits per heavy atom. The van der Waals surface area contributed by atoms with E-state index in [1.807, 2.05) is 41.5 Å². The van der Waals surface area contributed by atoms with E-state index in [1.54, 1.807) is 0 Å². The van der Waals surface area contributed by atoms with E-state index < -0.39 is 17.2 Å². The van der Waals surface area contributed by atoms with Crippen molar-refractivity contribution in [2.45, 2.75) is 84.9 Å². The van der Waals surface area contributed by atoms with Gasteiger partial charge in [0.05, 0.1) is 11.2 Å². The van der Waals surface area contributed by atoms with Crippen molar-refractivity contribution in [3.63, 3.8) is 0 Å². The molecule has 0 saturated carbocycles. The van der Waals surface area contributed by atoms with Crippen LogP contribution in [0.1, 0.15) is 67.7 Å². The molecule has 0 aliphatic rings. The van der Waals surface area contributed by atoms with Crippen LogP contribution in [0.3, 0.4) is 0 Å². The van der Waals surface area contributed by atoms with Gasteiger partial charge in [0.2, 0.25) is 0 Å². The Labute approximate surface area is 100 Å². The first-order valence-electron chi connectivity index (χ1n) is 6.10. The second-order valence-corrected chi connectivity index (χ2v) is 6.25. The van der Waals surface area contributed by atoms with Crippen LogP contribution in [0.5, 0.6) is 0 Å². The Hall–Kier alpha value is -0.120. The summed E-state index contributed by atoms with van der Waals surface area (Å²) >= 11 is 0. The molecular formula is C13H28O3. The lowest BCUT2D eigenvalue weighted by atomic mass is 10.1. The molecule has 0 bridgehead atoms. The molecule has 0 saturated heterocycles. The van der Waals surface area contributed by atoms with Gasteiger partial charge < -0.3 is 14.6 Å². The maximum absolute atomic E-state index is 10.4. The lowest BCUT2D eigenvalue weighted by Crippen LogP contribution is -2.46. The SMILES string of the molecule is CCCCC(O)(OC(C)(C)C)OC(C)(C)C. The van der Waals surface area contributed by atoms with E-state index in [4.69, 9.17) is 9.47 Å². The summed E-state index contributed by atoms with van der Waals surface area (Å²) in [6.07, 6.45) is 2.38. The number of hydrogen-bond donors (Lipinski definition) is 1. The van der Waals surface area contributed by atoms with Gasteiger partial charge in [0.1, 0.15) is 0 Å². The van der Waals surface area contributed by atoms with Gasteiger partial charge in [0, 0.05) is 6.42 Å². The van der Waals surface area contributed by atoms with E-state index in [-0.39, 0.29) is 0 Å². The summed E-state index contributed by atoms with van der Waals surface area (Å²) in [6, 6.07) is 0. The van der Waals surface area contributed by atoms with E-state index >= 15 is 0 Å². The summed E-state index contributed by atoms with van der Waals surface area (Å²) in [5.74, 6) is -1.48. The predicted octanol–water partition coefficient (Wildman–Crippen LogP) is 3.45. The molecule has 0 unspecified atom stereocenters. The van der Waals surface area contributed by atoms with Crippen LogP contribution in [0.4, 0.5) is 0 Å². The Bertz CT molecular complexity index is 182. The Morgan fingerprint density at radius 3 is 1.50 bits per heavy atom. The topological polar surface area (TPSA) is 38.7 Å². The smallest absolute Gasteiger partial charge is 0.281 e. The third-order valence-electron chi connectivity index (χ3n) is 1.78. The van der Waals surface area contributed by atoms with Crippen molar-refractivity contribution in [1.29, 1.82) is 0 Å². The first-order chi connectivity index (χ1) is 6.97. The first kappa shape index (κ1) is 15.9. The Morgan fingerprint density at radius 1 is 0.875 bits per heavy atom. The summed E-state index contributed by atoms with van der Waals surface area (Å²) in [5, 5.41) is 10.4. The summed E-state index contributed by atoms with van der Waals surface area (Å²) < 4.78 is 11.3. The van der Waals surface area contributed by atoms with Crippen molar-refractivity contribution in [3.05, 3.63) is 0 Å². The zero-order valence-electron chi connectivity index (χ0n) is 11.9. The third kappa shape index (κ3) is 8.08. The molecular weight excluding hydrogens is 204 g/mol. The largest absolute Gasteiger partial charge is 0.343 e. The van der Waals surface area contributed by atoms with Crippen LogP contribution in [0, 0.1) is 0 Å². The molecule has 0 heterocycles. The highest BCUT2D eigenvalue weighted by Crippen LogP contribution is 2.29. The van der Waals surface area contributed by atoms with E-state index in [9.17, 15) is 5.11 Å². The van der Waals surface area contributed by atoms with E-state index in [2.05, 4.69) is 6.92 Å². The van der Waals surface area contributed by atoms with Crippen molar-refractivity contribution < 1.29 is 14.6 Å². The summed E-state index contributed by atoms with van der Waals surface area (Å²) in [7, 11) is 0. The van der Waals surface area contributed by atoms with Crippen molar-refractivity contribution in [3.8, 4) is 0 Å². The standard InChI is InChI=1S/C13H28O3/c1-8-9-10-13(14,15-11(2,3)4)16-12(5,6)7/h14H,8-10H2,1-7H3. The lowest BCUT2D eigenvalue weighted by Gasteiger charge is -2.39. The van der Waals surface area contributed by atoms with Crippen LogP contribution in [0.2, 0.25) is 0 Å². The fourth-order valence-corrected chi connectivity index (χ4v) is 1.48. The molecule has 3 heteroatoms. The fourth-order valence-electron chi connectivity index (χ4n) is 1.48.